The maximum atomic E-state index is 9.95. The molecule has 4 atom stereocenters. The molecule has 0 bridgehead atoms. The van der Waals surface area contributed by atoms with Gasteiger partial charge in [0.25, 0.3) is 0 Å². The van der Waals surface area contributed by atoms with Crippen LogP contribution in [0.4, 0.5) is 5.82 Å². The van der Waals surface area contributed by atoms with Crippen molar-refractivity contribution in [1.29, 1.82) is 0 Å². The summed E-state index contributed by atoms with van der Waals surface area (Å²) in [7, 11) is 9.75. The van der Waals surface area contributed by atoms with Gasteiger partial charge >= 0.3 is 35.3 Å². The number of nitrogens with zero attached hydrogens (tertiary/aromatic N) is 4. The zero-order valence-corrected chi connectivity index (χ0v) is 14.6. The number of imidazole rings is 1. The van der Waals surface area contributed by atoms with Crippen LogP contribution >= 0.6 is 18.8 Å². The number of ether oxygens (including phenoxy) is 1. The number of fused-ring (bicyclic) bond motifs is 1. The first-order valence-electron chi connectivity index (χ1n) is 5.93. The van der Waals surface area contributed by atoms with Crippen LogP contribution in [-0.2, 0) is 21.2 Å². The molecule has 126 valence electrons. The van der Waals surface area contributed by atoms with Crippen molar-refractivity contribution in [2.24, 2.45) is 0 Å². The fourth-order valence-electron chi connectivity index (χ4n) is 2.17. The van der Waals surface area contributed by atoms with E-state index in [1.807, 2.05) is 0 Å². The van der Waals surface area contributed by atoms with E-state index in [9.17, 15) is 10.2 Å². The van der Waals surface area contributed by atoms with Crippen LogP contribution in [0.25, 0.3) is 11.2 Å². The molecule has 3 rings (SSSR count). The standard InChI is InChI=1S/C10H13N5O4.2ClH.Pt/c11-8-5-9(13-2-12-8)15(3-14-5)10-7(18)6(17)4(1-16)19-10;;;/h2-4,6-7,10,16-18H,1H2,(H2,11,12,13);2*1H;/q;;;+2/p-2. The number of aliphatic hydroxyl groups excluding tert-OH is 3. The number of hydrogen-bond donors (Lipinski definition) is 4. The number of aliphatic hydroxyl groups is 3. The van der Waals surface area contributed by atoms with Gasteiger partial charge in [-0.25, -0.2) is 15.0 Å². The summed E-state index contributed by atoms with van der Waals surface area (Å²) in [4.78, 5) is 11.9. The van der Waals surface area contributed by atoms with Gasteiger partial charge in [0.15, 0.2) is 17.7 Å². The van der Waals surface area contributed by atoms with E-state index in [1.54, 1.807) is 0 Å². The van der Waals surface area contributed by atoms with Crippen molar-refractivity contribution >= 4 is 35.8 Å². The molecule has 0 radical (unpaired) electrons. The van der Waals surface area contributed by atoms with Crippen LogP contribution in [0.2, 0.25) is 0 Å². The third-order valence-corrected chi connectivity index (χ3v) is 3.18. The fraction of sp³-hybridized carbons (Fsp3) is 0.500. The molecule has 2 aromatic heterocycles. The van der Waals surface area contributed by atoms with Gasteiger partial charge in [-0.05, 0) is 0 Å². The molecule has 12 heteroatoms. The Labute approximate surface area is 141 Å². The minimum atomic E-state index is -1.19. The number of aromatic nitrogens is 4. The molecule has 1 aliphatic heterocycles. The number of nitrogens with two attached hydrogens (primary N) is 1. The van der Waals surface area contributed by atoms with Crippen molar-refractivity contribution in [1.82, 2.24) is 19.5 Å². The molecule has 0 spiro atoms. The third kappa shape index (κ3) is 3.35. The second-order valence-corrected chi connectivity index (χ2v) is 7.64. The van der Waals surface area contributed by atoms with Crippen molar-refractivity contribution in [3.8, 4) is 0 Å². The Morgan fingerprint density at radius 2 is 1.95 bits per heavy atom. The molecular weight excluding hydrogens is 520 g/mol. The topological polar surface area (TPSA) is 140 Å². The molecule has 0 aliphatic carbocycles. The van der Waals surface area contributed by atoms with Gasteiger partial charge in [0.05, 0.1) is 12.9 Å². The van der Waals surface area contributed by atoms with Crippen molar-refractivity contribution in [2.45, 2.75) is 24.5 Å². The Balaban J connectivity index is 0.000000545. The third-order valence-electron chi connectivity index (χ3n) is 3.18. The van der Waals surface area contributed by atoms with E-state index >= 15 is 0 Å². The van der Waals surface area contributed by atoms with E-state index in [0.717, 1.165) is 0 Å². The number of hydrogen-bond acceptors (Lipinski definition) is 8. The molecule has 1 fully saturated rings. The summed E-state index contributed by atoms with van der Waals surface area (Å²) in [6.07, 6.45) is -1.42. The quantitative estimate of drug-likeness (QED) is 0.402. The molecule has 1 saturated heterocycles. The SMILES string of the molecule is Nc1ncnc2c1ncn2C1OC(CO)C(O)C1O.[Cl][Pt][Cl]. The van der Waals surface area contributed by atoms with E-state index in [0.29, 0.717) is 11.2 Å². The number of halogens is 2. The minimum absolute atomic E-state index is 0.218. The van der Waals surface area contributed by atoms with Gasteiger partial charge in [0, 0.05) is 0 Å². The van der Waals surface area contributed by atoms with E-state index in [4.69, 9.17) is 34.4 Å². The van der Waals surface area contributed by atoms with Crippen LogP contribution in [0, 0.1) is 0 Å². The van der Waals surface area contributed by atoms with Crippen molar-refractivity contribution in [3.63, 3.8) is 0 Å². The monoisotopic (exact) mass is 532 g/mol. The van der Waals surface area contributed by atoms with E-state index in [2.05, 4.69) is 15.0 Å². The molecule has 9 nitrogen and oxygen atoms in total. The Kier molecular flexibility index (Phi) is 6.34. The van der Waals surface area contributed by atoms with E-state index in [-0.39, 0.29) is 5.82 Å². The fourth-order valence-corrected chi connectivity index (χ4v) is 2.17. The predicted molar refractivity (Wildman–Crippen MR) is 74.5 cm³/mol. The zero-order chi connectivity index (χ0) is 16.3. The Morgan fingerprint density at radius 1 is 1.27 bits per heavy atom. The first-order valence-corrected chi connectivity index (χ1v) is 11.6. The normalized spacial score (nSPS) is 27.9. The van der Waals surface area contributed by atoms with Gasteiger partial charge in [-0.1, -0.05) is 0 Å². The molecular formula is C10H13Cl2N5O4Pt. The molecule has 0 amide bonds. The summed E-state index contributed by atoms with van der Waals surface area (Å²) in [5.74, 6) is 0.218. The summed E-state index contributed by atoms with van der Waals surface area (Å²) >= 11 is -0.472. The molecule has 0 aromatic carbocycles. The average Bonchev–Trinajstić information content (AvgIpc) is 3.04. The van der Waals surface area contributed by atoms with E-state index in [1.165, 1.54) is 17.2 Å². The van der Waals surface area contributed by atoms with E-state index < -0.39 is 47.6 Å². The summed E-state index contributed by atoms with van der Waals surface area (Å²) in [6.45, 7) is -0.390. The number of rotatable bonds is 2. The molecule has 22 heavy (non-hydrogen) atoms. The Bertz CT molecular complexity index is 632. The number of nitrogen functional groups attached to an aromatic ring is 1. The zero-order valence-electron chi connectivity index (χ0n) is 10.9. The molecule has 5 N–H and O–H groups in total. The summed E-state index contributed by atoms with van der Waals surface area (Å²) in [5.41, 5.74) is 6.44. The summed E-state index contributed by atoms with van der Waals surface area (Å²) < 4.78 is 6.85. The second-order valence-electron chi connectivity index (χ2n) is 4.36. The van der Waals surface area contributed by atoms with Crippen molar-refractivity contribution in [2.75, 3.05) is 12.3 Å². The van der Waals surface area contributed by atoms with Crippen LogP contribution in [0.3, 0.4) is 0 Å². The van der Waals surface area contributed by atoms with Crippen molar-refractivity contribution in [3.05, 3.63) is 12.7 Å². The van der Waals surface area contributed by atoms with Crippen LogP contribution in [0.5, 0.6) is 0 Å². The van der Waals surface area contributed by atoms with Gasteiger partial charge in [-0.3, -0.25) is 4.57 Å². The second kappa shape index (κ2) is 7.83. The molecule has 2 aromatic rings. The summed E-state index contributed by atoms with van der Waals surface area (Å²) in [5, 5.41) is 28.7. The van der Waals surface area contributed by atoms with Crippen LogP contribution < -0.4 is 5.73 Å². The Morgan fingerprint density at radius 3 is 2.55 bits per heavy atom. The Hall–Kier alpha value is -0.542. The molecule has 3 heterocycles. The average molecular weight is 533 g/mol. The molecule has 0 saturated carbocycles. The van der Waals surface area contributed by atoms with Gasteiger partial charge in [0.1, 0.15) is 30.2 Å². The van der Waals surface area contributed by atoms with Crippen molar-refractivity contribution < 1.29 is 36.5 Å². The van der Waals surface area contributed by atoms with Gasteiger partial charge < -0.3 is 25.8 Å². The molecule has 4 unspecified atom stereocenters. The van der Waals surface area contributed by atoms with Gasteiger partial charge in [-0.2, -0.15) is 0 Å². The summed E-state index contributed by atoms with van der Waals surface area (Å²) in [6, 6.07) is 0. The number of anilines is 1. The van der Waals surface area contributed by atoms with Crippen LogP contribution in [0.15, 0.2) is 12.7 Å². The first-order chi connectivity index (χ1) is 10.5. The predicted octanol–water partition coefficient (Wildman–Crippen LogP) is -0.604. The molecule has 1 aliphatic rings. The van der Waals surface area contributed by atoms with Crippen LogP contribution in [-0.4, -0.2) is 59.8 Å². The van der Waals surface area contributed by atoms with Gasteiger partial charge in [-0.15, -0.1) is 0 Å². The van der Waals surface area contributed by atoms with Gasteiger partial charge in [0.2, 0.25) is 0 Å². The maximum absolute atomic E-state index is 9.95. The van der Waals surface area contributed by atoms with Crippen LogP contribution in [0.1, 0.15) is 6.23 Å². The first kappa shape index (κ1) is 17.8.